The maximum atomic E-state index is 5.51. The molecule has 1 aliphatic heterocycles. The summed E-state index contributed by atoms with van der Waals surface area (Å²) < 4.78 is 5.51. The molecule has 0 amide bonds. The number of aromatic nitrogens is 4. The van der Waals surface area contributed by atoms with Crippen molar-refractivity contribution in [3.05, 3.63) is 29.8 Å². The van der Waals surface area contributed by atoms with Crippen LogP contribution in [0.5, 0.6) is 0 Å². The Bertz CT molecular complexity index is 588. The Morgan fingerprint density at radius 1 is 1.30 bits per heavy atom. The van der Waals surface area contributed by atoms with E-state index in [0.717, 1.165) is 36.5 Å². The van der Waals surface area contributed by atoms with Crippen LogP contribution in [0, 0.1) is 0 Å². The van der Waals surface area contributed by atoms with E-state index >= 15 is 0 Å². The second-order valence-electron chi connectivity index (χ2n) is 4.64. The van der Waals surface area contributed by atoms with Gasteiger partial charge in [0.2, 0.25) is 0 Å². The highest BCUT2D eigenvalue weighted by Gasteiger charge is 2.19. The van der Waals surface area contributed by atoms with Crippen LogP contribution >= 0.6 is 0 Å². The van der Waals surface area contributed by atoms with Gasteiger partial charge in [0.25, 0.3) is 0 Å². The van der Waals surface area contributed by atoms with Gasteiger partial charge in [0.15, 0.2) is 5.82 Å². The van der Waals surface area contributed by atoms with Crippen molar-refractivity contribution in [2.75, 3.05) is 18.5 Å². The monoisotopic (exact) mass is 271 g/mol. The summed E-state index contributed by atoms with van der Waals surface area (Å²) in [5.74, 6) is 1.48. The molecular weight excluding hydrogens is 254 g/mol. The summed E-state index contributed by atoms with van der Waals surface area (Å²) in [7, 11) is 0. The summed E-state index contributed by atoms with van der Waals surface area (Å²) in [5.41, 5.74) is 2.81. The predicted molar refractivity (Wildman–Crippen MR) is 75.2 cm³/mol. The van der Waals surface area contributed by atoms with Gasteiger partial charge >= 0.3 is 0 Å². The molecule has 3 rings (SSSR count). The number of rotatable bonds is 4. The number of hydrogen-bond acceptors (Lipinski definition) is 6. The third-order valence-electron chi connectivity index (χ3n) is 3.16. The van der Waals surface area contributed by atoms with Gasteiger partial charge in [0, 0.05) is 30.9 Å². The number of fused-ring (bicyclic) bond motifs is 1. The molecule has 0 atom stereocenters. The van der Waals surface area contributed by atoms with E-state index in [-0.39, 0.29) is 0 Å². The highest BCUT2D eigenvalue weighted by atomic mass is 16.5. The van der Waals surface area contributed by atoms with Gasteiger partial charge in [-0.05, 0) is 6.42 Å². The quantitative estimate of drug-likeness (QED) is 0.914. The Morgan fingerprint density at radius 2 is 2.25 bits per heavy atom. The van der Waals surface area contributed by atoms with Crippen LogP contribution in [0.3, 0.4) is 0 Å². The number of nitrogens with zero attached hydrogens (tertiary/aromatic N) is 4. The van der Waals surface area contributed by atoms with Gasteiger partial charge < -0.3 is 10.1 Å². The van der Waals surface area contributed by atoms with Gasteiger partial charge in [-0.1, -0.05) is 6.92 Å². The number of anilines is 1. The normalized spacial score (nSPS) is 13.8. The van der Waals surface area contributed by atoms with Gasteiger partial charge in [-0.2, -0.15) is 0 Å². The molecule has 0 bridgehead atoms. The minimum Gasteiger partial charge on any atom is -0.376 e. The average molecular weight is 271 g/mol. The summed E-state index contributed by atoms with van der Waals surface area (Å²) in [6, 6.07) is 0. The first-order chi connectivity index (χ1) is 9.88. The largest absolute Gasteiger partial charge is 0.376 e. The van der Waals surface area contributed by atoms with E-state index in [4.69, 9.17) is 4.74 Å². The number of nitrogens with one attached hydrogen (secondary N) is 1. The predicted octanol–water partition coefficient (Wildman–Crippen LogP) is 1.83. The molecular formula is C14H17N5O. The first-order valence-corrected chi connectivity index (χ1v) is 6.86. The third-order valence-corrected chi connectivity index (χ3v) is 3.16. The van der Waals surface area contributed by atoms with Crippen molar-refractivity contribution in [1.82, 2.24) is 19.9 Å². The van der Waals surface area contributed by atoms with E-state index < -0.39 is 0 Å². The van der Waals surface area contributed by atoms with Crippen LogP contribution in [0.25, 0.3) is 11.5 Å². The molecule has 1 aliphatic rings. The van der Waals surface area contributed by atoms with Gasteiger partial charge in [-0.15, -0.1) is 0 Å². The fourth-order valence-electron chi connectivity index (χ4n) is 2.15. The molecule has 0 fully saturated rings. The summed E-state index contributed by atoms with van der Waals surface area (Å²) in [6.45, 7) is 4.28. The second kappa shape index (κ2) is 5.92. The molecule has 3 heterocycles. The molecule has 6 heteroatoms. The maximum Gasteiger partial charge on any atom is 0.182 e. The van der Waals surface area contributed by atoms with Crippen LogP contribution in [0.2, 0.25) is 0 Å². The molecule has 0 aromatic carbocycles. The Kier molecular flexibility index (Phi) is 3.83. The first kappa shape index (κ1) is 12.9. The van der Waals surface area contributed by atoms with Crippen molar-refractivity contribution >= 4 is 5.82 Å². The molecule has 1 N–H and O–H groups in total. The third kappa shape index (κ3) is 2.60. The van der Waals surface area contributed by atoms with E-state index in [1.54, 1.807) is 18.6 Å². The lowest BCUT2D eigenvalue weighted by molar-refractivity contribution is 0.109. The molecule has 0 aliphatic carbocycles. The zero-order chi connectivity index (χ0) is 13.8. The molecule has 6 nitrogen and oxygen atoms in total. The molecule has 0 saturated carbocycles. The zero-order valence-corrected chi connectivity index (χ0v) is 11.5. The standard InChI is InChI=1S/C14H17N5O/c1-2-4-17-13-10-9-20-7-3-11(10)18-14(19-13)12-8-15-5-6-16-12/h5-6,8H,2-4,7,9H2,1H3,(H,17,18,19). The number of hydrogen-bond donors (Lipinski definition) is 1. The molecule has 0 unspecified atom stereocenters. The van der Waals surface area contributed by atoms with E-state index in [1.807, 2.05) is 0 Å². The summed E-state index contributed by atoms with van der Waals surface area (Å²) >= 11 is 0. The smallest absolute Gasteiger partial charge is 0.182 e. The lowest BCUT2D eigenvalue weighted by Crippen LogP contribution is -2.17. The van der Waals surface area contributed by atoms with Crippen molar-refractivity contribution < 1.29 is 4.74 Å². The zero-order valence-electron chi connectivity index (χ0n) is 11.5. The fraction of sp³-hybridized carbons (Fsp3) is 0.429. The van der Waals surface area contributed by atoms with Crippen molar-refractivity contribution in [2.45, 2.75) is 26.4 Å². The minimum absolute atomic E-state index is 0.572. The van der Waals surface area contributed by atoms with E-state index in [0.29, 0.717) is 24.7 Å². The van der Waals surface area contributed by atoms with Crippen LogP contribution in [0.4, 0.5) is 5.82 Å². The van der Waals surface area contributed by atoms with Gasteiger partial charge in [-0.3, -0.25) is 4.98 Å². The second-order valence-corrected chi connectivity index (χ2v) is 4.64. The highest BCUT2D eigenvalue weighted by molar-refractivity contribution is 5.56. The van der Waals surface area contributed by atoms with E-state index in [9.17, 15) is 0 Å². The fourth-order valence-corrected chi connectivity index (χ4v) is 2.15. The Labute approximate surface area is 117 Å². The SMILES string of the molecule is CCCNc1nc(-c2cnccn2)nc2c1COCC2. The molecule has 0 spiro atoms. The van der Waals surface area contributed by atoms with Gasteiger partial charge in [0.05, 0.1) is 25.1 Å². The van der Waals surface area contributed by atoms with E-state index in [2.05, 4.69) is 32.2 Å². The molecule has 0 saturated heterocycles. The Balaban J connectivity index is 2.03. The molecule has 0 radical (unpaired) electrons. The Morgan fingerprint density at radius 3 is 3.05 bits per heavy atom. The molecule has 2 aromatic heterocycles. The number of ether oxygens (including phenoxy) is 1. The summed E-state index contributed by atoms with van der Waals surface area (Å²) in [5, 5.41) is 3.35. The van der Waals surface area contributed by atoms with Crippen LogP contribution < -0.4 is 5.32 Å². The van der Waals surface area contributed by atoms with Gasteiger partial charge in [-0.25, -0.2) is 15.0 Å². The molecule has 20 heavy (non-hydrogen) atoms. The lowest BCUT2D eigenvalue weighted by Gasteiger charge is -2.19. The Hall–Kier alpha value is -2.08. The topological polar surface area (TPSA) is 72.8 Å². The van der Waals surface area contributed by atoms with Crippen LogP contribution in [0.1, 0.15) is 24.6 Å². The van der Waals surface area contributed by atoms with E-state index in [1.165, 1.54) is 0 Å². The van der Waals surface area contributed by atoms with Crippen molar-refractivity contribution in [2.24, 2.45) is 0 Å². The molecule has 2 aromatic rings. The van der Waals surface area contributed by atoms with Crippen LogP contribution in [-0.2, 0) is 17.8 Å². The highest BCUT2D eigenvalue weighted by Crippen LogP contribution is 2.25. The van der Waals surface area contributed by atoms with Crippen molar-refractivity contribution in [3.8, 4) is 11.5 Å². The molecule has 104 valence electrons. The van der Waals surface area contributed by atoms with Crippen LogP contribution in [-0.4, -0.2) is 33.1 Å². The minimum atomic E-state index is 0.572. The first-order valence-electron chi connectivity index (χ1n) is 6.86. The summed E-state index contributed by atoms with van der Waals surface area (Å²) in [6.07, 6.45) is 6.84. The van der Waals surface area contributed by atoms with Crippen LogP contribution in [0.15, 0.2) is 18.6 Å². The van der Waals surface area contributed by atoms with Crippen molar-refractivity contribution in [3.63, 3.8) is 0 Å². The average Bonchev–Trinajstić information content (AvgIpc) is 2.53. The van der Waals surface area contributed by atoms with Crippen molar-refractivity contribution in [1.29, 1.82) is 0 Å². The lowest BCUT2D eigenvalue weighted by atomic mass is 10.1. The summed E-state index contributed by atoms with van der Waals surface area (Å²) in [4.78, 5) is 17.6. The van der Waals surface area contributed by atoms with Gasteiger partial charge in [0.1, 0.15) is 11.5 Å². The maximum absolute atomic E-state index is 5.51.